The molecular formula is C24H35N3O5. The van der Waals surface area contributed by atoms with Crippen molar-refractivity contribution in [2.75, 3.05) is 39.2 Å². The van der Waals surface area contributed by atoms with Gasteiger partial charge < -0.3 is 24.6 Å². The number of likely N-dealkylation sites (N-methyl/N-ethyl adjacent to an activating group) is 1. The van der Waals surface area contributed by atoms with Gasteiger partial charge in [-0.3, -0.25) is 14.4 Å². The monoisotopic (exact) mass is 445 g/mol. The summed E-state index contributed by atoms with van der Waals surface area (Å²) in [7, 11) is 3.35. The molecule has 1 saturated carbocycles. The van der Waals surface area contributed by atoms with Crippen molar-refractivity contribution >= 4 is 23.4 Å². The molecule has 32 heavy (non-hydrogen) atoms. The molecule has 1 fully saturated rings. The molecular weight excluding hydrogens is 410 g/mol. The molecule has 3 rings (SSSR count). The fourth-order valence-electron chi connectivity index (χ4n) is 3.99. The van der Waals surface area contributed by atoms with E-state index in [0.29, 0.717) is 36.5 Å². The van der Waals surface area contributed by atoms with Crippen molar-refractivity contribution in [1.29, 1.82) is 0 Å². The fraction of sp³-hybridized carbons (Fsp3) is 0.625. The lowest BCUT2D eigenvalue weighted by Gasteiger charge is -2.36. The largest absolute Gasteiger partial charge is 0.491 e. The second-order valence-electron chi connectivity index (χ2n) is 8.97. The Kier molecular flexibility index (Phi) is 7.77. The van der Waals surface area contributed by atoms with E-state index in [1.807, 2.05) is 25.7 Å². The van der Waals surface area contributed by atoms with Crippen molar-refractivity contribution in [3.63, 3.8) is 0 Å². The quantitative estimate of drug-likeness (QED) is 0.770. The molecule has 3 amide bonds. The highest BCUT2D eigenvalue weighted by atomic mass is 16.5. The first kappa shape index (κ1) is 24.0. The van der Waals surface area contributed by atoms with Crippen molar-refractivity contribution in [3.8, 4) is 5.75 Å². The van der Waals surface area contributed by atoms with Gasteiger partial charge in [0.1, 0.15) is 12.4 Å². The fourth-order valence-corrected chi connectivity index (χ4v) is 3.99. The lowest BCUT2D eigenvalue weighted by Crippen LogP contribution is -2.48. The summed E-state index contributed by atoms with van der Waals surface area (Å²) in [5.74, 6) is 0.364. The summed E-state index contributed by atoms with van der Waals surface area (Å²) in [6, 6.07) is 4.96. The molecule has 3 atom stereocenters. The van der Waals surface area contributed by atoms with Gasteiger partial charge in [0.15, 0.2) is 0 Å². The summed E-state index contributed by atoms with van der Waals surface area (Å²) < 4.78 is 11.7. The van der Waals surface area contributed by atoms with Gasteiger partial charge in [0, 0.05) is 51.2 Å². The van der Waals surface area contributed by atoms with Crippen LogP contribution in [-0.4, -0.2) is 73.5 Å². The summed E-state index contributed by atoms with van der Waals surface area (Å²) >= 11 is 0. The summed E-state index contributed by atoms with van der Waals surface area (Å²) in [5, 5.41) is 2.90. The molecule has 0 radical (unpaired) electrons. The molecule has 0 saturated heterocycles. The molecule has 1 aliphatic heterocycles. The number of fused-ring (bicyclic) bond motifs is 1. The number of methoxy groups -OCH3 is 1. The first-order valence-corrected chi connectivity index (χ1v) is 11.4. The molecule has 1 N–H and O–H groups in total. The zero-order valence-corrected chi connectivity index (χ0v) is 19.7. The number of hydrogen-bond acceptors (Lipinski definition) is 5. The Morgan fingerprint density at radius 3 is 2.56 bits per heavy atom. The zero-order valence-electron chi connectivity index (χ0n) is 19.7. The highest BCUT2D eigenvalue weighted by Gasteiger charge is 2.31. The first-order valence-electron chi connectivity index (χ1n) is 11.4. The van der Waals surface area contributed by atoms with Crippen molar-refractivity contribution in [3.05, 3.63) is 23.8 Å². The topological polar surface area (TPSA) is 88.2 Å². The van der Waals surface area contributed by atoms with E-state index < -0.39 is 0 Å². The van der Waals surface area contributed by atoms with E-state index in [4.69, 9.17) is 9.47 Å². The molecule has 1 aliphatic carbocycles. The number of hydrogen-bond donors (Lipinski definition) is 1. The average Bonchev–Trinajstić information content (AvgIpc) is 3.63. The SMILES string of the molecule is CCC(=O)N1C[C@@H](C)[C@H](OC)CN(C)C(=O)c2cc(NC(=O)C3CC3)ccc2OC[C@@H]1C. The van der Waals surface area contributed by atoms with Gasteiger partial charge in [-0.05, 0) is 38.0 Å². The Hall–Kier alpha value is -2.61. The van der Waals surface area contributed by atoms with Crippen LogP contribution in [0.25, 0.3) is 0 Å². The Morgan fingerprint density at radius 1 is 1.22 bits per heavy atom. The summed E-state index contributed by atoms with van der Waals surface area (Å²) in [6.07, 6.45) is 1.99. The van der Waals surface area contributed by atoms with Gasteiger partial charge >= 0.3 is 0 Å². The third-order valence-corrected chi connectivity index (χ3v) is 6.28. The van der Waals surface area contributed by atoms with E-state index in [1.165, 1.54) is 0 Å². The predicted octanol–water partition coefficient (Wildman–Crippen LogP) is 2.78. The van der Waals surface area contributed by atoms with Gasteiger partial charge in [0.25, 0.3) is 5.91 Å². The number of carbonyl (C=O) groups excluding carboxylic acids is 3. The smallest absolute Gasteiger partial charge is 0.257 e. The molecule has 1 heterocycles. The molecule has 1 aromatic carbocycles. The lowest BCUT2D eigenvalue weighted by atomic mass is 10.0. The molecule has 8 nitrogen and oxygen atoms in total. The van der Waals surface area contributed by atoms with Crippen LogP contribution in [0.5, 0.6) is 5.75 Å². The summed E-state index contributed by atoms with van der Waals surface area (Å²) in [5.41, 5.74) is 0.954. The number of nitrogens with one attached hydrogen (secondary N) is 1. The lowest BCUT2D eigenvalue weighted by molar-refractivity contribution is -0.135. The van der Waals surface area contributed by atoms with Crippen molar-refractivity contribution in [2.24, 2.45) is 11.8 Å². The second kappa shape index (κ2) is 10.3. The first-order chi connectivity index (χ1) is 15.2. The van der Waals surface area contributed by atoms with E-state index in [1.54, 1.807) is 37.3 Å². The van der Waals surface area contributed by atoms with Crippen LogP contribution in [-0.2, 0) is 14.3 Å². The van der Waals surface area contributed by atoms with Crippen LogP contribution in [0.3, 0.4) is 0 Å². The maximum Gasteiger partial charge on any atom is 0.257 e. The number of ether oxygens (including phenoxy) is 2. The Bertz CT molecular complexity index is 854. The minimum atomic E-state index is -0.232. The highest BCUT2D eigenvalue weighted by molar-refractivity contribution is 6.00. The predicted molar refractivity (Wildman–Crippen MR) is 122 cm³/mol. The van der Waals surface area contributed by atoms with E-state index in [2.05, 4.69) is 5.32 Å². The third kappa shape index (κ3) is 5.59. The number of anilines is 1. The van der Waals surface area contributed by atoms with E-state index in [-0.39, 0.29) is 48.3 Å². The van der Waals surface area contributed by atoms with Crippen LogP contribution in [0.4, 0.5) is 5.69 Å². The normalized spacial score (nSPS) is 24.7. The molecule has 0 aromatic heterocycles. The Balaban J connectivity index is 1.93. The van der Waals surface area contributed by atoms with Crippen LogP contribution in [0, 0.1) is 11.8 Å². The van der Waals surface area contributed by atoms with Gasteiger partial charge in [-0.15, -0.1) is 0 Å². The van der Waals surface area contributed by atoms with Crippen LogP contribution in [0.1, 0.15) is 50.4 Å². The van der Waals surface area contributed by atoms with Gasteiger partial charge in [0.05, 0.1) is 17.7 Å². The number of benzene rings is 1. The summed E-state index contributed by atoms with van der Waals surface area (Å²) in [6.45, 7) is 6.98. The van der Waals surface area contributed by atoms with Crippen LogP contribution < -0.4 is 10.1 Å². The third-order valence-electron chi connectivity index (χ3n) is 6.28. The van der Waals surface area contributed by atoms with Crippen LogP contribution >= 0.6 is 0 Å². The summed E-state index contributed by atoms with van der Waals surface area (Å²) in [4.78, 5) is 41.6. The number of rotatable bonds is 4. The number of nitrogens with zero attached hydrogens (tertiary/aromatic N) is 2. The Morgan fingerprint density at radius 2 is 1.94 bits per heavy atom. The number of carbonyl (C=O) groups is 3. The van der Waals surface area contributed by atoms with Crippen molar-refractivity contribution in [1.82, 2.24) is 9.80 Å². The molecule has 0 unspecified atom stereocenters. The van der Waals surface area contributed by atoms with Crippen molar-refractivity contribution < 1.29 is 23.9 Å². The molecule has 176 valence electrons. The number of amides is 3. The molecule has 1 aromatic rings. The van der Waals surface area contributed by atoms with E-state index in [0.717, 1.165) is 12.8 Å². The molecule has 2 aliphatic rings. The molecule has 0 spiro atoms. The van der Waals surface area contributed by atoms with Gasteiger partial charge in [0.2, 0.25) is 11.8 Å². The zero-order chi connectivity index (χ0) is 23.4. The maximum atomic E-state index is 13.3. The Labute approximate surface area is 190 Å². The van der Waals surface area contributed by atoms with E-state index in [9.17, 15) is 14.4 Å². The highest BCUT2D eigenvalue weighted by Crippen LogP contribution is 2.31. The van der Waals surface area contributed by atoms with Crippen LogP contribution in [0.15, 0.2) is 18.2 Å². The van der Waals surface area contributed by atoms with Gasteiger partial charge in [-0.25, -0.2) is 0 Å². The van der Waals surface area contributed by atoms with Crippen molar-refractivity contribution in [2.45, 2.75) is 52.2 Å². The minimum Gasteiger partial charge on any atom is -0.491 e. The van der Waals surface area contributed by atoms with Gasteiger partial charge in [-0.1, -0.05) is 13.8 Å². The second-order valence-corrected chi connectivity index (χ2v) is 8.97. The van der Waals surface area contributed by atoms with Crippen LogP contribution in [0.2, 0.25) is 0 Å². The minimum absolute atomic E-state index is 0.0181. The van der Waals surface area contributed by atoms with Gasteiger partial charge in [-0.2, -0.15) is 0 Å². The van der Waals surface area contributed by atoms with E-state index >= 15 is 0 Å². The maximum absolute atomic E-state index is 13.3. The molecule has 8 heteroatoms. The average molecular weight is 446 g/mol. The molecule has 0 bridgehead atoms. The standard InChI is InChI=1S/C24H35N3O5/c1-6-22(28)27-12-15(2)21(31-5)13-26(4)24(30)19-11-18(25-23(29)17-7-8-17)9-10-20(19)32-14-16(27)3/h9-11,15-17,21H,6-8,12-14H2,1-5H3,(H,25,29)/t15-,16+,21-/m1/s1.